The molecule has 0 aromatic carbocycles. The van der Waals surface area contributed by atoms with E-state index in [1.165, 1.54) is 13.3 Å². The van der Waals surface area contributed by atoms with Gasteiger partial charge in [0.25, 0.3) is 0 Å². The molecule has 0 aromatic rings. The van der Waals surface area contributed by atoms with Gasteiger partial charge in [0, 0.05) is 6.04 Å². The van der Waals surface area contributed by atoms with Crippen molar-refractivity contribution in [2.24, 2.45) is 11.8 Å². The molecule has 6 heteroatoms. The van der Waals surface area contributed by atoms with Crippen molar-refractivity contribution in [1.82, 2.24) is 4.72 Å². The van der Waals surface area contributed by atoms with E-state index < -0.39 is 21.2 Å². The first-order chi connectivity index (χ1) is 7.40. The molecule has 4 atom stereocenters. The van der Waals surface area contributed by atoms with E-state index in [4.69, 9.17) is 5.11 Å². The topological polar surface area (TPSA) is 83.5 Å². The zero-order valence-corrected chi connectivity index (χ0v) is 10.0. The zero-order valence-electron chi connectivity index (χ0n) is 9.22. The Bertz CT molecular complexity index is 392. The molecule has 4 unspecified atom stereocenters. The molecule has 2 rings (SSSR count). The van der Waals surface area contributed by atoms with E-state index in [9.17, 15) is 13.2 Å². The first-order valence-corrected chi connectivity index (χ1v) is 7.18. The highest BCUT2D eigenvalue weighted by atomic mass is 32.2. The van der Waals surface area contributed by atoms with Gasteiger partial charge in [-0.3, -0.25) is 4.79 Å². The molecule has 0 aromatic heterocycles. The van der Waals surface area contributed by atoms with Gasteiger partial charge in [-0.2, -0.15) is 0 Å². The molecule has 2 N–H and O–H groups in total. The maximum atomic E-state index is 11.7. The van der Waals surface area contributed by atoms with Crippen molar-refractivity contribution >= 4 is 16.0 Å². The van der Waals surface area contributed by atoms with Gasteiger partial charge in [0.2, 0.25) is 10.0 Å². The molecular weight excluding hydrogens is 230 g/mol. The second-order valence-corrected chi connectivity index (χ2v) is 6.96. The second-order valence-electron chi connectivity index (χ2n) is 4.92. The van der Waals surface area contributed by atoms with E-state index in [0.29, 0.717) is 11.8 Å². The molecule has 2 aliphatic carbocycles. The van der Waals surface area contributed by atoms with Crippen LogP contribution in [0.15, 0.2) is 0 Å². The van der Waals surface area contributed by atoms with E-state index in [-0.39, 0.29) is 6.04 Å². The van der Waals surface area contributed by atoms with Crippen molar-refractivity contribution < 1.29 is 18.3 Å². The molecule has 0 radical (unpaired) electrons. The van der Waals surface area contributed by atoms with Crippen molar-refractivity contribution in [3.8, 4) is 0 Å². The summed E-state index contributed by atoms with van der Waals surface area (Å²) in [5.74, 6) is -0.241. The summed E-state index contributed by atoms with van der Waals surface area (Å²) in [7, 11) is -3.71. The van der Waals surface area contributed by atoms with E-state index >= 15 is 0 Å². The standard InChI is InChI=1S/C10H17NO4S/c1-6(10(12)13)16(14,15)11-9-5-7-2-3-8(9)4-7/h6-9,11H,2-5H2,1H3,(H,12,13). The molecule has 0 saturated heterocycles. The molecule has 2 fully saturated rings. The summed E-state index contributed by atoms with van der Waals surface area (Å²) in [5.41, 5.74) is 0. The second kappa shape index (κ2) is 4.00. The SMILES string of the molecule is CC(C(=O)O)S(=O)(=O)NC1CC2CCC1C2. The summed E-state index contributed by atoms with van der Waals surface area (Å²) in [6.07, 6.45) is 4.22. The fourth-order valence-electron chi connectivity index (χ4n) is 2.83. The third-order valence-electron chi connectivity index (χ3n) is 3.87. The number of hydrogen-bond donors (Lipinski definition) is 2. The Labute approximate surface area is 95.3 Å². The largest absolute Gasteiger partial charge is 0.480 e. The molecule has 92 valence electrons. The van der Waals surface area contributed by atoms with Crippen molar-refractivity contribution in [1.29, 1.82) is 0 Å². The number of aliphatic carboxylic acids is 1. The predicted octanol–water partition coefficient (Wildman–Crippen LogP) is 0.567. The number of hydrogen-bond acceptors (Lipinski definition) is 3. The van der Waals surface area contributed by atoms with Crippen LogP contribution in [0.3, 0.4) is 0 Å². The molecule has 0 heterocycles. The summed E-state index contributed by atoms with van der Waals surface area (Å²) in [5, 5.41) is 7.34. The molecule has 2 aliphatic rings. The molecule has 5 nitrogen and oxygen atoms in total. The van der Waals surface area contributed by atoms with E-state index in [2.05, 4.69) is 4.72 Å². The number of fused-ring (bicyclic) bond motifs is 2. The molecule has 2 bridgehead atoms. The van der Waals surface area contributed by atoms with E-state index in [1.807, 2.05) is 0 Å². The Hall–Kier alpha value is -0.620. The minimum atomic E-state index is -3.71. The van der Waals surface area contributed by atoms with Gasteiger partial charge in [-0.25, -0.2) is 13.1 Å². The Morgan fingerprint density at radius 1 is 1.38 bits per heavy atom. The molecule has 0 amide bonds. The van der Waals surface area contributed by atoms with Crippen LogP contribution in [0.25, 0.3) is 0 Å². The minimum Gasteiger partial charge on any atom is -0.480 e. The normalized spacial score (nSPS) is 35.2. The van der Waals surface area contributed by atoms with Crippen LogP contribution in [-0.2, 0) is 14.8 Å². The number of carbonyl (C=O) groups is 1. The zero-order chi connectivity index (χ0) is 11.9. The first kappa shape index (κ1) is 11.9. The smallest absolute Gasteiger partial charge is 0.323 e. The molecular formula is C10H17NO4S. The predicted molar refractivity (Wildman–Crippen MR) is 58.4 cm³/mol. The first-order valence-electron chi connectivity index (χ1n) is 5.64. The van der Waals surface area contributed by atoms with Crippen LogP contribution in [0, 0.1) is 11.8 Å². The molecule has 0 spiro atoms. The van der Waals surface area contributed by atoms with Crippen LogP contribution < -0.4 is 4.72 Å². The minimum absolute atomic E-state index is 0.0365. The number of sulfonamides is 1. The van der Waals surface area contributed by atoms with Crippen molar-refractivity contribution in [2.45, 2.75) is 43.9 Å². The Morgan fingerprint density at radius 2 is 2.06 bits per heavy atom. The summed E-state index contributed by atoms with van der Waals surface area (Å²) in [6, 6.07) is -0.0365. The van der Waals surface area contributed by atoms with Crippen molar-refractivity contribution in [2.75, 3.05) is 0 Å². The fourth-order valence-corrected chi connectivity index (χ4v) is 4.02. The average molecular weight is 247 g/mol. The van der Waals surface area contributed by atoms with Crippen LogP contribution in [0.4, 0.5) is 0 Å². The highest BCUT2D eigenvalue weighted by Gasteiger charge is 2.42. The molecule has 2 saturated carbocycles. The van der Waals surface area contributed by atoms with E-state index in [0.717, 1.165) is 19.3 Å². The quantitative estimate of drug-likeness (QED) is 0.760. The van der Waals surface area contributed by atoms with Gasteiger partial charge in [0.05, 0.1) is 0 Å². The Balaban J connectivity index is 2.02. The van der Waals surface area contributed by atoms with Gasteiger partial charge in [-0.05, 0) is 38.0 Å². The lowest BCUT2D eigenvalue weighted by molar-refractivity contribution is -0.136. The maximum absolute atomic E-state index is 11.7. The number of nitrogens with one attached hydrogen (secondary N) is 1. The van der Waals surface area contributed by atoms with Gasteiger partial charge in [0.1, 0.15) is 0 Å². The molecule has 0 aliphatic heterocycles. The lowest BCUT2D eigenvalue weighted by Crippen LogP contribution is -2.45. The van der Waals surface area contributed by atoms with Crippen molar-refractivity contribution in [3.05, 3.63) is 0 Å². The van der Waals surface area contributed by atoms with Crippen molar-refractivity contribution in [3.63, 3.8) is 0 Å². The van der Waals surface area contributed by atoms with Gasteiger partial charge in [0.15, 0.2) is 5.25 Å². The third-order valence-corrected chi connectivity index (χ3v) is 5.63. The maximum Gasteiger partial charge on any atom is 0.323 e. The highest BCUT2D eigenvalue weighted by Crippen LogP contribution is 2.44. The van der Waals surface area contributed by atoms with Crippen LogP contribution >= 0.6 is 0 Å². The lowest BCUT2D eigenvalue weighted by atomic mass is 9.96. The fraction of sp³-hybridized carbons (Fsp3) is 0.900. The van der Waals surface area contributed by atoms with Crippen LogP contribution in [0.5, 0.6) is 0 Å². The average Bonchev–Trinajstić information content (AvgIpc) is 2.77. The monoisotopic (exact) mass is 247 g/mol. The molecule has 16 heavy (non-hydrogen) atoms. The Morgan fingerprint density at radius 3 is 2.50 bits per heavy atom. The van der Waals surface area contributed by atoms with Crippen LogP contribution in [-0.4, -0.2) is 30.8 Å². The number of carboxylic acid groups (broad SMARTS) is 1. The summed E-state index contributed by atoms with van der Waals surface area (Å²) in [6.45, 7) is 1.21. The number of rotatable bonds is 4. The van der Waals surface area contributed by atoms with Gasteiger partial charge < -0.3 is 5.11 Å². The van der Waals surface area contributed by atoms with Gasteiger partial charge >= 0.3 is 5.97 Å². The Kier molecular flexibility index (Phi) is 2.96. The van der Waals surface area contributed by atoms with Crippen LogP contribution in [0.1, 0.15) is 32.6 Å². The van der Waals surface area contributed by atoms with Gasteiger partial charge in [-0.15, -0.1) is 0 Å². The lowest BCUT2D eigenvalue weighted by Gasteiger charge is -2.23. The van der Waals surface area contributed by atoms with Gasteiger partial charge in [-0.1, -0.05) is 6.42 Å². The summed E-state index contributed by atoms with van der Waals surface area (Å²) < 4.78 is 26.0. The summed E-state index contributed by atoms with van der Waals surface area (Å²) in [4.78, 5) is 10.7. The highest BCUT2D eigenvalue weighted by molar-refractivity contribution is 7.90. The number of carboxylic acids is 1. The van der Waals surface area contributed by atoms with Crippen LogP contribution in [0.2, 0.25) is 0 Å². The third kappa shape index (κ3) is 2.08. The van der Waals surface area contributed by atoms with E-state index in [1.54, 1.807) is 0 Å². The summed E-state index contributed by atoms with van der Waals surface area (Å²) >= 11 is 0.